The molecule has 0 fully saturated rings. The second-order valence-corrected chi connectivity index (χ2v) is 6.18. The minimum atomic E-state index is -1.00. The first kappa shape index (κ1) is 19.4. The maximum absolute atomic E-state index is 12.3. The van der Waals surface area contributed by atoms with Gasteiger partial charge in [0, 0.05) is 12.3 Å². The summed E-state index contributed by atoms with van der Waals surface area (Å²) in [6, 6.07) is 12.4. The van der Waals surface area contributed by atoms with Crippen molar-refractivity contribution in [1.82, 2.24) is 9.38 Å². The molecule has 7 nitrogen and oxygen atoms in total. The lowest BCUT2D eigenvalue weighted by Gasteiger charge is -2.14. The van der Waals surface area contributed by atoms with Gasteiger partial charge in [-0.1, -0.05) is 29.8 Å². The van der Waals surface area contributed by atoms with E-state index in [0.717, 1.165) is 0 Å². The zero-order valence-electron chi connectivity index (χ0n) is 15.3. The van der Waals surface area contributed by atoms with Crippen LogP contribution in [0.3, 0.4) is 0 Å². The van der Waals surface area contributed by atoms with Gasteiger partial charge in [-0.2, -0.15) is 0 Å². The smallest absolute Gasteiger partial charge is 0.331 e. The van der Waals surface area contributed by atoms with Crippen LogP contribution in [-0.4, -0.2) is 34.5 Å². The van der Waals surface area contributed by atoms with Crippen LogP contribution in [0, 0.1) is 0 Å². The van der Waals surface area contributed by atoms with Crippen molar-refractivity contribution in [2.75, 3.05) is 12.4 Å². The average molecular weight is 400 g/mol. The molecule has 3 rings (SSSR count). The number of ether oxygens (including phenoxy) is 2. The van der Waals surface area contributed by atoms with E-state index in [4.69, 9.17) is 21.1 Å². The average Bonchev–Trinajstić information content (AvgIpc) is 3.01. The van der Waals surface area contributed by atoms with Crippen LogP contribution in [-0.2, 0) is 14.3 Å². The number of imidazole rings is 1. The maximum atomic E-state index is 12.3. The topological polar surface area (TPSA) is 81.9 Å². The summed E-state index contributed by atoms with van der Waals surface area (Å²) in [5.74, 6) is -0.639. The number of hydrogen-bond donors (Lipinski definition) is 1. The normalized spacial score (nSPS) is 12.1. The van der Waals surface area contributed by atoms with E-state index >= 15 is 0 Å². The van der Waals surface area contributed by atoms with E-state index in [1.165, 1.54) is 26.2 Å². The molecule has 1 aromatic carbocycles. The zero-order chi connectivity index (χ0) is 20.1. The summed E-state index contributed by atoms with van der Waals surface area (Å²) in [5.41, 5.74) is 1.69. The lowest BCUT2D eigenvalue weighted by atomic mass is 10.2. The van der Waals surface area contributed by atoms with Crippen LogP contribution in [0.2, 0.25) is 5.15 Å². The maximum Gasteiger partial charge on any atom is 0.331 e. The fourth-order valence-electron chi connectivity index (χ4n) is 2.53. The molecule has 2 heterocycles. The van der Waals surface area contributed by atoms with E-state index in [1.54, 1.807) is 40.9 Å². The molecule has 0 saturated heterocycles. The van der Waals surface area contributed by atoms with Crippen molar-refractivity contribution in [2.24, 2.45) is 0 Å². The summed E-state index contributed by atoms with van der Waals surface area (Å²) in [6.45, 7) is 1.48. The van der Waals surface area contributed by atoms with E-state index < -0.39 is 18.0 Å². The van der Waals surface area contributed by atoms with Crippen molar-refractivity contribution >= 4 is 40.9 Å². The van der Waals surface area contributed by atoms with Crippen LogP contribution >= 0.6 is 11.6 Å². The Morgan fingerprint density at radius 2 is 1.96 bits per heavy atom. The standard InChI is InChI=1S/C20H18ClN3O4/c1-13(20(26)22-14-7-3-4-8-16(14)27-2)28-18(25)11-10-15-19(21)23-17-9-5-6-12-24(15)17/h3-13H,1-2H3,(H,22,26)/b11-10+/t13-/m0/s1. The number of aromatic nitrogens is 2. The Hall–Kier alpha value is -3.32. The zero-order valence-corrected chi connectivity index (χ0v) is 16.0. The number of esters is 1. The fourth-order valence-corrected chi connectivity index (χ4v) is 2.77. The monoisotopic (exact) mass is 399 g/mol. The molecule has 0 saturated carbocycles. The van der Waals surface area contributed by atoms with Gasteiger partial charge >= 0.3 is 5.97 Å². The highest BCUT2D eigenvalue weighted by molar-refractivity contribution is 6.31. The summed E-state index contributed by atoms with van der Waals surface area (Å²) in [7, 11) is 1.50. The molecule has 1 N–H and O–H groups in total. The third kappa shape index (κ3) is 4.32. The van der Waals surface area contributed by atoms with Crippen LogP contribution in [0.1, 0.15) is 12.6 Å². The SMILES string of the molecule is COc1ccccc1NC(=O)[C@H](C)OC(=O)/C=C/c1c(Cl)nc2ccccn12. The van der Waals surface area contributed by atoms with Crippen molar-refractivity contribution in [3.63, 3.8) is 0 Å². The lowest BCUT2D eigenvalue weighted by molar-refractivity contribution is -0.148. The first-order valence-electron chi connectivity index (χ1n) is 8.44. The Balaban J connectivity index is 1.64. The predicted octanol–water partition coefficient (Wildman–Crippen LogP) is 3.58. The van der Waals surface area contributed by atoms with Crippen molar-refractivity contribution in [1.29, 1.82) is 0 Å². The molecule has 0 spiro atoms. The molecule has 144 valence electrons. The Kier molecular flexibility index (Phi) is 5.96. The summed E-state index contributed by atoms with van der Waals surface area (Å²) in [6.07, 6.45) is 3.48. The number of amides is 1. The number of nitrogens with zero attached hydrogens (tertiary/aromatic N) is 2. The van der Waals surface area contributed by atoms with Crippen LogP contribution in [0.5, 0.6) is 5.75 Å². The molecule has 0 aliphatic carbocycles. The van der Waals surface area contributed by atoms with Crippen LogP contribution < -0.4 is 10.1 Å². The number of para-hydroxylation sites is 2. The number of halogens is 1. The van der Waals surface area contributed by atoms with Gasteiger partial charge in [-0.3, -0.25) is 9.20 Å². The molecule has 0 unspecified atom stereocenters. The fraction of sp³-hybridized carbons (Fsp3) is 0.150. The lowest BCUT2D eigenvalue weighted by Crippen LogP contribution is -2.29. The second-order valence-electron chi connectivity index (χ2n) is 5.82. The first-order valence-corrected chi connectivity index (χ1v) is 8.82. The van der Waals surface area contributed by atoms with E-state index in [2.05, 4.69) is 10.3 Å². The highest BCUT2D eigenvalue weighted by Gasteiger charge is 2.18. The first-order chi connectivity index (χ1) is 13.5. The minimum Gasteiger partial charge on any atom is -0.495 e. The van der Waals surface area contributed by atoms with E-state index in [1.807, 2.05) is 12.1 Å². The number of rotatable bonds is 6. The van der Waals surface area contributed by atoms with Crippen molar-refractivity contribution in [2.45, 2.75) is 13.0 Å². The van der Waals surface area contributed by atoms with Crippen LogP contribution in [0.25, 0.3) is 11.7 Å². The number of benzene rings is 1. The van der Waals surface area contributed by atoms with E-state index in [-0.39, 0.29) is 5.15 Å². The number of pyridine rings is 1. The summed E-state index contributed by atoms with van der Waals surface area (Å²) < 4.78 is 12.1. The summed E-state index contributed by atoms with van der Waals surface area (Å²) in [4.78, 5) is 28.6. The minimum absolute atomic E-state index is 0.261. The Morgan fingerprint density at radius 1 is 1.21 bits per heavy atom. The second kappa shape index (κ2) is 8.58. The Morgan fingerprint density at radius 3 is 2.75 bits per heavy atom. The highest BCUT2D eigenvalue weighted by atomic mass is 35.5. The van der Waals surface area contributed by atoms with Gasteiger partial charge in [-0.05, 0) is 37.3 Å². The van der Waals surface area contributed by atoms with Gasteiger partial charge in [0.15, 0.2) is 11.3 Å². The van der Waals surface area contributed by atoms with Gasteiger partial charge in [0.2, 0.25) is 0 Å². The quantitative estimate of drug-likeness (QED) is 0.506. The van der Waals surface area contributed by atoms with Crippen molar-refractivity contribution < 1.29 is 19.1 Å². The van der Waals surface area contributed by atoms with Gasteiger partial charge in [0.25, 0.3) is 5.91 Å². The third-order valence-corrected chi connectivity index (χ3v) is 4.20. The molecule has 2 aromatic heterocycles. The number of fused-ring (bicyclic) bond motifs is 1. The third-order valence-electron chi connectivity index (χ3n) is 3.93. The summed E-state index contributed by atoms with van der Waals surface area (Å²) >= 11 is 6.11. The van der Waals surface area contributed by atoms with E-state index in [0.29, 0.717) is 22.8 Å². The molecule has 8 heteroatoms. The molecule has 28 heavy (non-hydrogen) atoms. The van der Waals surface area contributed by atoms with Gasteiger partial charge < -0.3 is 14.8 Å². The molecule has 0 radical (unpaired) electrons. The summed E-state index contributed by atoms with van der Waals surface area (Å²) in [5, 5.41) is 2.93. The Labute approximate surface area is 166 Å². The van der Waals surface area contributed by atoms with Crippen molar-refractivity contribution in [3.8, 4) is 5.75 Å². The van der Waals surface area contributed by atoms with Gasteiger partial charge in [0.05, 0.1) is 18.5 Å². The molecular formula is C20H18ClN3O4. The number of nitrogens with one attached hydrogen (secondary N) is 1. The van der Waals surface area contributed by atoms with Crippen LogP contribution in [0.15, 0.2) is 54.7 Å². The molecule has 3 aromatic rings. The number of anilines is 1. The number of hydrogen-bond acceptors (Lipinski definition) is 5. The predicted molar refractivity (Wildman–Crippen MR) is 106 cm³/mol. The number of carbonyl (C=O) groups excluding carboxylic acids is 2. The molecular weight excluding hydrogens is 382 g/mol. The van der Waals surface area contributed by atoms with Gasteiger partial charge in [-0.25, -0.2) is 9.78 Å². The molecule has 0 aliphatic heterocycles. The largest absolute Gasteiger partial charge is 0.495 e. The highest BCUT2D eigenvalue weighted by Crippen LogP contribution is 2.23. The molecule has 0 bridgehead atoms. The van der Waals surface area contributed by atoms with Crippen LogP contribution in [0.4, 0.5) is 5.69 Å². The molecule has 1 amide bonds. The van der Waals surface area contributed by atoms with E-state index in [9.17, 15) is 9.59 Å². The molecule has 0 aliphatic rings. The van der Waals surface area contributed by atoms with Gasteiger partial charge in [0.1, 0.15) is 11.4 Å². The number of carbonyl (C=O) groups is 2. The van der Waals surface area contributed by atoms with Gasteiger partial charge in [-0.15, -0.1) is 0 Å². The number of methoxy groups -OCH3 is 1. The Bertz CT molecular complexity index is 1040. The molecule has 1 atom stereocenters. The van der Waals surface area contributed by atoms with Crippen molar-refractivity contribution in [3.05, 3.63) is 65.6 Å².